The molecule has 6 heteroatoms. The van der Waals surface area contributed by atoms with Crippen LogP contribution in [0.25, 0.3) is 0 Å². The summed E-state index contributed by atoms with van der Waals surface area (Å²) in [6.45, 7) is 1.31. The summed E-state index contributed by atoms with van der Waals surface area (Å²) in [6, 6.07) is 0. The molecule has 0 heterocycles. The van der Waals surface area contributed by atoms with Gasteiger partial charge in [0.05, 0.1) is 0 Å². The van der Waals surface area contributed by atoms with E-state index in [1.165, 1.54) is 6.92 Å². The number of hydrogen-bond donors (Lipinski definition) is 5. The fourth-order valence-corrected chi connectivity index (χ4v) is 0. The third-order valence-corrected chi connectivity index (χ3v) is 0. The van der Waals surface area contributed by atoms with Gasteiger partial charge in [0, 0.05) is 6.92 Å². The molecule has 56 valence electrons. The Morgan fingerprint density at radius 1 is 1.12 bits per heavy atom. The van der Waals surface area contributed by atoms with E-state index in [1.54, 1.807) is 0 Å². The first-order valence-electron chi connectivity index (χ1n) is 0.993. The van der Waals surface area contributed by atoms with Crippen LogP contribution in [-0.2, 0) is 4.79 Å². The van der Waals surface area contributed by atoms with Gasteiger partial charge in [0.2, 0.25) is 5.91 Å². The Bertz CT molecular complexity index is 33.4. The third-order valence-electron chi connectivity index (χ3n) is 0. The number of amides is 1. The molecule has 0 aromatic heterocycles. The predicted octanol–water partition coefficient (Wildman–Crippen LogP) is 0.140. The van der Waals surface area contributed by atoms with Crippen LogP contribution in [0.5, 0.6) is 0 Å². The highest BCUT2D eigenvalue weighted by Gasteiger charge is 1.61. The average Bonchev–Trinajstić information content (AvgIpc) is 0.811. The molecule has 0 aliphatic rings. The standard InChI is InChI=1S/C2H5NO.4H3N/c1-2(3)4;;;;/h1H3,(H2,3,4);4*1H3. The summed E-state index contributed by atoms with van der Waals surface area (Å²) in [7, 11) is 0. The van der Waals surface area contributed by atoms with Gasteiger partial charge in [-0.3, -0.25) is 4.79 Å². The highest BCUT2D eigenvalue weighted by molar-refractivity contribution is 5.70. The highest BCUT2D eigenvalue weighted by Crippen LogP contribution is 1.33. The summed E-state index contributed by atoms with van der Waals surface area (Å²) in [5, 5.41) is 0. The van der Waals surface area contributed by atoms with Crippen molar-refractivity contribution in [3.63, 3.8) is 0 Å². The van der Waals surface area contributed by atoms with E-state index >= 15 is 0 Å². The van der Waals surface area contributed by atoms with Crippen molar-refractivity contribution in [1.82, 2.24) is 24.6 Å². The van der Waals surface area contributed by atoms with Crippen LogP contribution < -0.4 is 30.3 Å². The van der Waals surface area contributed by atoms with Gasteiger partial charge in [-0.05, 0) is 0 Å². The van der Waals surface area contributed by atoms with Crippen molar-refractivity contribution in [2.45, 2.75) is 6.92 Å². The first-order valence-corrected chi connectivity index (χ1v) is 0.993. The van der Waals surface area contributed by atoms with E-state index in [0.29, 0.717) is 0 Å². The van der Waals surface area contributed by atoms with Gasteiger partial charge >= 0.3 is 0 Å². The first kappa shape index (κ1) is 54.5. The van der Waals surface area contributed by atoms with Crippen LogP contribution in [0.1, 0.15) is 6.92 Å². The van der Waals surface area contributed by atoms with E-state index < -0.39 is 0 Å². The lowest BCUT2D eigenvalue weighted by Crippen LogP contribution is -2.01. The normalized spacial score (nSPS) is 3.12. The molecule has 14 N–H and O–H groups in total. The third kappa shape index (κ3) is 207. The highest BCUT2D eigenvalue weighted by atomic mass is 16.1. The molecule has 0 rings (SSSR count). The number of rotatable bonds is 0. The minimum atomic E-state index is -0.333. The first-order chi connectivity index (χ1) is 1.73. The summed E-state index contributed by atoms with van der Waals surface area (Å²) >= 11 is 0. The summed E-state index contributed by atoms with van der Waals surface area (Å²) < 4.78 is 0. The van der Waals surface area contributed by atoms with Crippen LogP contribution >= 0.6 is 0 Å². The Morgan fingerprint density at radius 2 is 1.12 bits per heavy atom. The van der Waals surface area contributed by atoms with Gasteiger partial charge in [-0.15, -0.1) is 0 Å². The number of nitrogens with two attached hydrogens (primary N) is 1. The van der Waals surface area contributed by atoms with Crippen LogP contribution in [0.2, 0.25) is 0 Å². The quantitative estimate of drug-likeness (QED) is 0.309. The lowest BCUT2D eigenvalue weighted by molar-refractivity contribution is -0.115. The van der Waals surface area contributed by atoms with Crippen molar-refractivity contribution in [2.75, 3.05) is 0 Å². The van der Waals surface area contributed by atoms with Crippen molar-refractivity contribution >= 4 is 5.91 Å². The van der Waals surface area contributed by atoms with E-state index in [9.17, 15) is 4.79 Å². The molecule has 0 atom stereocenters. The van der Waals surface area contributed by atoms with Gasteiger partial charge in [-0.2, -0.15) is 0 Å². The zero-order valence-corrected chi connectivity index (χ0v) is 5.31. The minimum Gasteiger partial charge on any atom is -0.370 e. The van der Waals surface area contributed by atoms with Gasteiger partial charge in [-0.25, -0.2) is 0 Å². The zero-order valence-electron chi connectivity index (χ0n) is 5.31. The van der Waals surface area contributed by atoms with Crippen molar-refractivity contribution in [3.8, 4) is 0 Å². The maximum atomic E-state index is 9.22. The van der Waals surface area contributed by atoms with Gasteiger partial charge in [-0.1, -0.05) is 0 Å². The summed E-state index contributed by atoms with van der Waals surface area (Å²) in [5.41, 5.74) is 4.47. The number of carbonyl (C=O) groups is 1. The van der Waals surface area contributed by atoms with Crippen LogP contribution in [0.3, 0.4) is 0 Å². The molecule has 0 saturated heterocycles. The summed E-state index contributed by atoms with van der Waals surface area (Å²) in [6.07, 6.45) is 0. The molecule has 0 spiro atoms. The molecule has 8 heavy (non-hydrogen) atoms. The number of hydrogen-bond acceptors (Lipinski definition) is 5. The van der Waals surface area contributed by atoms with Crippen LogP contribution in [0, 0.1) is 0 Å². The fourth-order valence-electron chi connectivity index (χ4n) is 0. The van der Waals surface area contributed by atoms with Crippen molar-refractivity contribution < 1.29 is 4.79 Å². The second-order valence-electron chi connectivity index (χ2n) is 0.611. The largest absolute Gasteiger partial charge is 0.370 e. The van der Waals surface area contributed by atoms with Crippen LogP contribution in [-0.4, -0.2) is 5.91 Å². The maximum absolute atomic E-state index is 9.22. The van der Waals surface area contributed by atoms with Crippen LogP contribution in [0.15, 0.2) is 0 Å². The molecule has 0 aromatic rings. The van der Waals surface area contributed by atoms with Gasteiger partial charge in [0.15, 0.2) is 0 Å². The van der Waals surface area contributed by atoms with Gasteiger partial charge in [0.1, 0.15) is 0 Å². The second-order valence-corrected chi connectivity index (χ2v) is 0.611. The molecule has 6 nitrogen and oxygen atoms in total. The predicted molar refractivity (Wildman–Crippen MR) is 35.0 cm³/mol. The van der Waals surface area contributed by atoms with E-state index in [2.05, 4.69) is 5.73 Å². The fraction of sp³-hybridized carbons (Fsp3) is 0.500. The number of carbonyl (C=O) groups excluding carboxylic acids is 1. The summed E-state index contributed by atoms with van der Waals surface area (Å²) in [5.74, 6) is -0.333. The van der Waals surface area contributed by atoms with Crippen molar-refractivity contribution in [3.05, 3.63) is 0 Å². The maximum Gasteiger partial charge on any atom is 0.214 e. The molecule has 0 aliphatic carbocycles. The SMILES string of the molecule is CC(N)=O.N.N.N.N. The Morgan fingerprint density at radius 3 is 1.12 bits per heavy atom. The van der Waals surface area contributed by atoms with Crippen molar-refractivity contribution in [1.29, 1.82) is 0 Å². The van der Waals surface area contributed by atoms with E-state index in [4.69, 9.17) is 0 Å². The molecule has 0 fully saturated rings. The lowest BCUT2D eigenvalue weighted by atomic mass is 10.8. The molecule has 0 unspecified atom stereocenters. The van der Waals surface area contributed by atoms with E-state index in [1.807, 2.05) is 0 Å². The molecule has 0 bridgehead atoms. The summed E-state index contributed by atoms with van der Waals surface area (Å²) in [4.78, 5) is 9.22. The average molecular weight is 127 g/mol. The molecule has 0 saturated carbocycles. The zero-order chi connectivity index (χ0) is 3.58. The smallest absolute Gasteiger partial charge is 0.214 e. The lowest BCUT2D eigenvalue weighted by Gasteiger charge is -1.60. The Balaban J connectivity index is -0.00000000750. The molecule has 0 radical (unpaired) electrons. The topological polar surface area (TPSA) is 183 Å². The Kier molecular flexibility index (Phi) is 227. The molecular formula is C2H17N5O. The van der Waals surface area contributed by atoms with Crippen molar-refractivity contribution in [2.24, 2.45) is 5.73 Å². The minimum absolute atomic E-state index is 0. The Hall–Kier alpha value is -0.690. The van der Waals surface area contributed by atoms with E-state index in [0.717, 1.165) is 0 Å². The Labute approximate surface area is 49.1 Å². The van der Waals surface area contributed by atoms with Gasteiger partial charge < -0.3 is 30.3 Å². The van der Waals surface area contributed by atoms with E-state index in [-0.39, 0.29) is 30.5 Å². The second kappa shape index (κ2) is 33.3. The molecule has 0 aliphatic heterocycles. The van der Waals surface area contributed by atoms with Crippen LogP contribution in [0.4, 0.5) is 0 Å². The molecule has 0 aromatic carbocycles. The van der Waals surface area contributed by atoms with Gasteiger partial charge in [0.25, 0.3) is 0 Å². The molecular weight excluding hydrogens is 110 g/mol. The number of primary amides is 1. The monoisotopic (exact) mass is 127 g/mol. The molecule has 1 amide bonds.